The van der Waals surface area contributed by atoms with Gasteiger partial charge >= 0.3 is 0 Å². The molecule has 40 heavy (non-hydrogen) atoms. The predicted molar refractivity (Wildman–Crippen MR) is 176 cm³/mol. The smallest absolute Gasteiger partial charge is 0.0611 e. The van der Waals surface area contributed by atoms with Gasteiger partial charge in [-0.1, -0.05) is 138 Å². The minimum atomic E-state index is -4.45. The zero-order valence-electron chi connectivity index (χ0n) is 55.0. The fraction of sp³-hybridized carbons (Fsp3) is 0.550. The zero-order chi connectivity index (χ0) is 56.7. The van der Waals surface area contributed by atoms with Gasteiger partial charge in [-0.05, 0) is 108 Å². The first kappa shape index (κ1) is 9.33. The second kappa shape index (κ2) is 9.08. The van der Waals surface area contributed by atoms with Crippen LogP contribution in [0.25, 0.3) is 22.3 Å². The van der Waals surface area contributed by atoms with Crippen LogP contribution in [0.2, 0.25) is 0 Å². The lowest BCUT2D eigenvalue weighted by molar-refractivity contribution is 0.0429. The molecule has 5 rings (SSSR count). The molecule has 0 saturated heterocycles. The summed E-state index contributed by atoms with van der Waals surface area (Å²) in [5, 5.41) is 0. The highest BCUT2D eigenvalue weighted by Gasteiger charge is 2.53. The molecular formula is C40H54. The van der Waals surface area contributed by atoms with Gasteiger partial charge < -0.3 is 0 Å². The Kier molecular flexibility index (Phi) is 2.12. The molecule has 0 radical (unpaired) electrons. The van der Waals surface area contributed by atoms with Crippen molar-refractivity contribution in [1.29, 1.82) is 0 Å². The van der Waals surface area contributed by atoms with E-state index in [-0.39, 0.29) is 5.56 Å². The van der Waals surface area contributed by atoms with Crippen molar-refractivity contribution in [3.8, 4) is 22.3 Å². The molecular weight excluding hydrogens is 480 g/mol. The summed E-state index contributed by atoms with van der Waals surface area (Å²) in [6.07, 6.45) is -8.81. The van der Waals surface area contributed by atoms with Crippen LogP contribution in [0.1, 0.15) is 180 Å². The van der Waals surface area contributed by atoms with Gasteiger partial charge in [0, 0.05) is 39.8 Å². The van der Waals surface area contributed by atoms with Crippen molar-refractivity contribution in [2.75, 3.05) is 0 Å². The Bertz CT molecular complexity index is 2420. The topological polar surface area (TPSA) is 0 Å². The summed E-state index contributed by atoms with van der Waals surface area (Å²) in [5.74, 6) is -3.97. The molecule has 1 atom stereocenters. The van der Waals surface area contributed by atoms with Gasteiger partial charge in [0.15, 0.2) is 0 Å². The van der Waals surface area contributed by atoms with Crippen molar-refractivity contribution in [3.05, 3.63) is 82.3 Å². The van der Waals surface area contributed by atoms with Crippen LogP contribution in [-0.4, -0.2) is 0 Å². The van der Waals surface area contributed by atoms with E-state index in [0.29, 0.717) is 12.1 Å². The largest absolute Gasteiger partial charge is 0.0636 e. The maximum atomic E-state index is 9.85. The summed E-state index contributed by atoms with van der Waals surface area (Å²) in [6.45, 7) is -25.7. The van der Waals surface area contributed by atoms with Crippen molar-refractivity contribution < 1.29 is 43.9 Å². The molecule has 0 N–H and O–H groups in total. The molecule has 0 aromatic heterocycles. The molecule has 0 fully saturated rings. The van der Waals surface area contributed by atoms with Gasteiger partial charge in [-0.15, -0.1) is 0 Å². The maximum absolute atomic E-state index is 9.85. The fourth-order valence-corrected chi connectivity index (χ4v) is 5.35. The minimum Gasteiger partial charge on any atom is -0.0611 e. The van der Waals surface area contributed by atoms with E-state index >= 15 is 0 Å². The number of hydrogen-bond acceptors (Lipinski definition) is 0. The summed E-state index contributed by atoms with van der Waals surface area (Å²) >= 11 is 0. The Hall–Kier alpha value is -2.34. The van der Waals surface area contributed by atoms with E-state index in [1.54, 1.807) is 0 Å². The standard InChI is InChI=1S/C40H54/c1-25(2)29-20-30(27-14-16-32-34(23-27)37(6,7)19-18-36(32,4)5)22-31(21-29)28-15-17-33-35(24-28)38(8,9)26(3)39(10,11)40(33,12)13/h14-17,20-26H,18-19H2,1-13H3/i4D3,5D3,6D3,7D3,8D3,9D3,12D3,13D3,18D2,19D2,20D,21D,22D,26D. The van der Waals surface area contributed by atoms with Gasteiger partial charge in [0.1, 0.15) is 0 Å². The van der Waals surface area contributed by atoms with E-state index in [0.717, 1.165) is 45.0 Å². The maximum Gasteiger partial charge on any atom is 0.0636 e. The minimum absolute atomic E-state index is 0.265. The monoisotopic (exact) mass is 567 g/mol. The third kappa shape index (κ3) is 4.31. The van der Waals surface area contributed by atoms with Crippen LogP contribution in [0.5, 0.6) is 0 Å². The van der Waals surface area contributed by atoms with Gasteiger partial charge in [0.2, 0.25) is 0 Å². The molecule has 0 saturated carbocycles. The van der Waals surface area contributed by atoms with Gasteiger partial charge in [-0.25, -0.2) is 0 Å². The quantitative estimate of drug-likeness (QED) is 0.296. The molecule has 0 heterocycles. The van der Waals surface area contributed by atoms with Crippen LogP contribution in [0, 0.1) is 11.3 Å². The summed E-state index contributed by atoms with van der Waals surface area (Å²) in [7, 11) is 0. The Morgan fingerprint density at radius 3 is 1.80 bits per heavy atom. The van der Waals surface area contributed by atoms with Crippen LogP contribution in [0.15, 0.2) is 54.5 Å². The SMILES string of the molecule is [2H]c1c(-c2ccc3c(c2)C(C([2H])([2H])[2H])(C([2H])([2H])[2H])C([2H])([2H])C([2H])([2H])C3(C([2H])([2H])[2H])C([2H])([2H])[2H])c([2H])c(C(C)C)c([2H])c1-c1ccc2c(c1)C(C([2H])([2H])[2H])(C([2H])([2H])[2H])C([2H])(C)C(C)(C)C2(C([2H])([2H])[2H])C([2H])([2H])[2H]. The Labute approximate surface area is 291 Å². The molecule has 2 aliphatic rings. The average Bonchev–Trinajstić information content (AvgIpc) is 3.07. The molecule has 0 amide bonds. The molecule has 0 spiro atoms. The first-order valence-electron chi connectivity index (χ1n) is 28.9. The van der Waals surface area contributed by atoms with Crippen molar-refractivity contribution in [2.24, 2.45) is 11.3 Å². The third-order valence-electron chi connectivity index (χ3n) is 8.45. The van der Waals surface area contributed by atoms with Crippen molar-refractivity contribution in [1.82, 2.24) is 0 Å². The van der Waals surface area contributed by atoms with Crippen molar-refractivity contribution in [2.45, 2.75) is 130 Å². The molecule has 0 nitrogen and oxygen atoms in total. The van der Waals surface area contributed by atoms with Crippen LogP contribution < -0.4 is 0 Å². The summed E-state index contributed by atoms with van der Waals surface area (Å²) in [4.78, 5) is 0. The lowest BCUT2D eigenvalue weighted by Crippen LogP contribution is -2.53. The Balaban J connectivity index is 2.16. The normalized spacial score (nSPS) is 42.0. The molecule has 3 aromatic rings. The molecule has 1 unspecified atom stereocenters. The van der Waals surface area contributed by atoms with E-state index in [2.05, 4.69) is 0 Å². The fourth-order valence-electron chi connectivity index (χ4n) is 5.35. The molecule has 3 aromatic carbocycles. The van der Waals surface area contributed by atoms with Crippen LogP contribution in [0.4, 0.5) is 0 Å². The predicted octanol–water partition coefficient (Wildman–Crippen LogP) is 11.7. The van der Waals surface area contributed by atoms with E-state index in [1.807, 2.05) is 0 Å². The number of rotatable bonds is 3. The Morgan fingerprint density at radius 1 is 0.725 bits per heavy atom. The van der Waals surface area contributed by atoms with Gasteiger partial charge in [-0.3, -0.25) is 0 Å². The van der Waals surface area contributed by atoms with E-state index in [4.69, 9.17) is 35.6 Å². The number of fused-ring (bicyclic) bond motifs is 2. The van der Waals surface area contributed by atoms with Crippen LogP contribution in [0.3, 0.4) is 0 Å². The van der Waals surface area contributed by atoms with E-state index < -0.39 is 169 Å². The van der Waals surface area contributed by atoms with Gasteiger partial charge in [-0.2, -0.15) is 0 Å². The highest BCUT2D eigenvalue weighted by Crippen LogP contribution is 2.59. The molecule has 2 aliphatic carbocycles. The molecule has 0 aliphatic heterocycles. The first-order valence-corrected chi connectivity index (χ1v) is 12.9. The van der Waals surface area contributed by atoms with Crippen molar-refractivity contribution in [3.63, 3.8) is 0 Å². The molecule has 0 bridgehead atoms. The highest BCUT2D eigenvalue weighted by atomic mass is 14.6. The van der Waals surface area contributed by atoms with Crippen molar-refractivity contribution >= 4 is 0 Å². The number of hydrogen-bond donors (Lipinski definition) is 0. The second-order valence-corrected chi connectivity index (χ2v) is 11.7. The van der Waals surface area contributed by atoms with Crippen LogP contribution >= 0.6 is 0 Å². The number of benzene rings is 3. The van der Waals surface area contributed by atoms with Gasteiger partial charge in [0.25, 0.3) is 0 Å². The lowest BCUT2D eigenvalue weighted by Gasteiger charge is -2.58. The zero-order valence-corrected chi connectivity index (χ0v) is 23.0. The van der Waals surface area contributed by atoms with Crippen LogP contribution in [-0.2, 0) is 21.7 Å². The summed E-state index contributed by atoms with van der Waals surface area (Å²) < 4.78 is 284. The average molecular weight is 567 g/mol. The van der Waals surface area contributed by atoms with Gasteiger partial charge in [0.05, 0.1) is 4.11 Å². The molecule has 0 heteroatoms. The summed E-state index contributed by atoms with van der Waals surface area (Å²) in [5.41, 5.74) is -24.4. The van der Waals surface area contributed by atoms with E-state index in [1.165, 1.54) is 13.8 Å². The second-order valence-electron chi connectivity index (χ2n) is 11.7. The lowest BCUT2D eigenvalue weighted by atomic mass is 9.46. The van der Waals surface area contributed by atoms with E-state index in [9.17, 15) is 8.22 Å². The third-order valence-corrected chi connectivity index (χ3v) is 8.45. The molecule has 214 valence electrons. The Morgan fingerprint density at radius 2 is 1.27 bits per heavy atom. The summed E-state index contributed by atoms with van der Waals surface area (Å²) in [6, 6.07) is 2.21. The highest BCUT2D eigenvalue weighted by molar-refractivity contribution is 5.76. The first-order chi connectivity index (χ1) is 31.5.